The van der Waals surface area contributed by atoms with Crippen molar-refractivity contribution in [3.05, 3.63) is 54.1 Å². The Morgan fingerprint density at radius 1 is 0.966 bits per heavy atom. The second-order valence-corrected chi connectivity index (χ2v) is 8.56. The summed E-state index contributed by atoms with van der Waals surface area (Å²) in [6.45, 7) is 6.87. The number of hydrogen-bond donors (Lipinski definition) is 2. The number of anilines is 1. The number of hydrogen-bond acceptors (Lipinski definition) is 5. The van der Waals surface area contributed by atoms with Gasteiger partial charge in [-0.15, -0.1) is 0 Å². The van der Waals surface area contributed by atoms with Crippen LogP contribution in [0.2, 0.25) is 0 Å². The number of Topliss-reactive ketones (excluding diaryl/α,β-unsaturated/α-hetero) is 1. The number of carbonyl (C=O) groups excluding carboxylic acids is 2. The van der Waals surface area contributed by atoms with Gasteiger partial charge in [-0.3, -0.25) is 9.59 Å². The third kappa shape index (κ3) is 6.40. The number of carbonyl (C=O) groups is 2. The molecule has 0 heterocycles. The van der Waals surface area contributed by atoms with E-state index in [2.05, 4.69) is 10.0 Å². The molecular weight excluding hydrogens is 392 g/mol. The lowest BCUT2D eigenvalue weighted by Crippen LogP contribution is -2.31. The predicted molar refractivity (Wildman–Crippen MR) is 112 cm³/mol. The highest BCUT2D eigenvalue weighted by atomic mass is 32.2. The third-order valence-electron chi connectivity index (χ3n) is 4.00. The summed E-state index contributed by atoms with van der Waals surface area (Å²) in [7, 11) is -3.58. The molecule has 29 heavy (non-hydrogen) atoms. The molecule has 1 atom stereocenters. The van der Waals surface area contributed by atoms with Gasteiger partial charge in [0, 0.05) is 23.7 Å². The van der Waals surface area contributed by atoms with Crippen LogP contribution in [0.5, 0.6) is 5.75 Å². The molecule has 2 aromatic carbocycles. The normalized spacial score (nSPS) is 12.4. The molecule has 156 valence electrons. The fourth-order valence-electron chi connectivity index (χ4n) is 2.52. The van der Waals surface area contributed by atoms with Crippen molar-refractivity contribution < 1.29 is 22.7 Å². The molecule has 0 aromatic heterocycles. The van der Waals surface area contributed by atoms with Crippen LogP contribution in [0.4, 0.5) is 5.69 Å². The van der Waals surface area contributed by atoms with Crippen molar-refractivity contribution in [3.63, 3.8) is 0 Å². The van der Waals surface area contributed by atoms with E-state index in [1.54, 1.807) is 52.0 Å². The Labute approximate surface area is 171 Å². The Bertz CT molecular complexity index is 952. The molecule has 2 rings (SSSR count). The number of sulfonamides is 1. The molecule has 0 saturated heterocycles. The molecule has 0 radical (unpaired) electrons. The second-order valence-electron chi connectivity index (χ2n) is 6.85. The Morgan fingerprint density at radius 2 is 1.55 bits per heavy atom. The first kappa shape index (κ1) is 22.6. The van der Waals surface area contributed by atoms with Crippen LogP contribution in [0.1, 0.15) is 44.5 Å². The van der Waals surface area contributed by atoms with Crippen LogP contribution in [0, 0.1) is 0 Å². The number of ketones is 1. The van der Waals surface area contributed by atoms with Crippen LogP contribution in [-0.4, -0.2) is 32.3 Å². The number of amides is 1. The second kappa shape index (κ2) is 9.67. The SMILES string of the molecule is CCC(=O)c1ccc(O[C@@H](C)C(=O)Nc2ccc(S(=O)(=O)NC(C)C)cc2)cc1. The maximum absolute atomic E-state index is 12.3. The maximum Gasteiger partial charge on any atom is 0.265 e. The van der Waals surface area contributed by atoms with E-state index in [0.29, 0.717) is 23.4 Å². The number of rotatable bonds is 9. The third-order valence-corrected chi connectivity index (χ3v) is 5.68. The smallest absolute Gasteiger partial charge is 0.265 e. The summed E-state index contributed by atoms with van der Waals surface area (Å²) >= 11 is 0. The first-order chi connectivity index (χ1) is 13.6. The van der Waals surface area contributed by atoms with Crippen molar-refractivity contribution in [1.82, 2.24) is 4.72 Å². The molecule has 0 bridgehead atoms. The van der Waals surface area contributed by atoms with Gasteiger partial charge in [-0.05, 0) is 69.3 Å². The van der Waals surface area contributed by atoms with Crippen LogP contribution in [0.25, 0.3) is 0 Å². The van der Waals surface area contributed by atoms with E-state index in [4.69, 9.17) is 4.74 Å². The van der Waals surface area contributed by atoms with E-state index in [1.165, 1.54) is 24.3 Å². The Kier molecular flexibility index (Phi) is 7.53. The van der Waals surface area contributed by atoms with Crippen molar-refractivity contribution in [3.8, 4) is 5.75 Å². The van der Waals surface area contributed by atoms with Gasteiger partial charge in [0.2, 0.25) is 10.0 Å². The van der Waals surface area contributed by atoms with Gasteiger partial charge in [0.1, 0.15) is 5.75 Å². The minimum atomic E-state index is -3.58. The van der Waals surface area contributed by atoms with Crippen LogP contribution in [0.15, 0.2) is 53.4 Å². The number of benzene rings is 2. The van der Waals surface area contributed by atoms with Gasteiger partial charge in [-0.2, -0.15) is 0 Å². The molecular formula is C21H26N2O5S. The summed E-state index contributed by atoms with van der Waals surface area (Å²) in [5.74, 6) is 0.132. The summed E-state index contributed by atoms with van der Waals surface area (Å²) in [5, 5.41) is 2.69. The molecule has 1 amide bonds. The fraction of sp³-hybridized carbons (Fsp3) is 0.333. The van der Waals surface area contributed by atoms with E-state index in [9.17, 15) is 18.0 Å². The van der Waals surface area contributed by atoms with E-state index in [1.807, 2.05) is 0 Å². The lowest BCUT2D eigenvalue weighted by Gasteiger charge is -2.15. The highest BCUT2D eigenvalue weighted by Gasteiger charge is 2.17. The summed E-state index contributed by atoms with van der Waals surface area (Å²) < 4.78 is 32.4. The molecule has 0 aliphatic rings. The largest absolute Gasteiger partial charge is 0.481 e. The van der Waals surface area contributed by atoms with Crippen LogP contribution in [0.3, 0.4) is 0 Å². The van der Waals surface area contributed by atoms with E-state index >= 15 is 0 Å². The van der Waals surface area contributed by atoms with Gasteiger partial charge < -0.3 is 10.1 Å². The standard InChI is InChI=1S/C21H26N2O5S/c1-5-20(24)16-6-10-18(11-7-16)28-15(4)21(25)22-17-8-12-19(13-9-17)29(26,27)23-14(2)3/h6-15,23H,5H2,1-4H3,(H,22,25)/t15-/m0/s1. The molecule has 7 nitrogen and oxygen atoms in total. The van der Waals surface area contributed by atoms with Crippen LogP contribution < -0.4 is 14.8 Å². The zero-order chi connectivity index (χ0) is 21.6. The molecule has 0 spiro atoms. The first-order valence-corrected chi connectivity index (χ1v) is 10.8. The monoisotopic (exact) mass is 418 g/mol. The Hall–Kier alpha value is -2.71. The van der Waals surface area contributed by atoms with Gasteiger partial charge in [0.25, 0.3) is 5.91 Å². The topological polar surface area (TPSA) is 102 Å². The van der Waals surface area contributed by atoms with Gasteiger partial charge in [-0.1, -0.05) is 6.92 Å². The number of nitrogens with one attached hydrogen (secondary N) is 2. The lowest BCUT2D eigenvalue weighted by molar-refractivity contribution is -0.122. The Balaban J connectivity index is 1.98. The quantitative estimate of drug-likeness (QED) is 0.608. The van der Waals surface area contributed by atoms with Crippen molar-refractivity contribution >= 4 is 27.4 Å². The van der Waals surface area contributed by atoms with Crippen molar-refractivity contribution in [2.45, 2.75) is 51.2 Å². The first-order valence-electron chi connectivity index (χ1n) is 9.35. The average molecular weight is 419 g/mol. The van der Waals surface area contributed by atoms with Crippen molar-refractivity contribution in [2.75, 3.05) is 5.32 Å². The minimum absolute atomic E-state index is 0.0383. The summed E-state index contributed by atoms with van der Waals surface area (Å²) in [6, 6.07) is 12.3. The maximum atomic E-state index is 12.3. The molecule has 2 aromatic rings. The van der Waals surface area contributed by atoms with Gasteiger partial charge in [0.05, 0.1) is 4.90 Å². The summed E-state index contributed by atoms with van der Waals surface area (Å²) in [6.07, 6.45) is -0.360. The van der Waals surface area contributed by atoms with Crippen LogP contribution >= 0.6 is 0 Å². The Morgan fingerprint density at radius 3 is 2.07 bits per heavy atom. The summed E-state index contributed by atoms with van der Waals surface area (Å²) in [4.78, 5) is 24.1. The molecule has 8 heteroatoms. The predicted octanol–water partition coefficient (Wildman–Crippen LogP) is 3.37. The zero-order valence-corrected chi connectivity index (χ0v) is 17.7. The van der Waals surface area contributed by atoms with Crippen LogP contribution in [-0.2, 0) is 14.8 Å². The molecule has 0 fully saturated rings. The molecule has 0 unspecified atom stereocenters. The van der Waals surface area contributed by atoms with Crippen molar-refractivity contribution in [2.24, 2.45) is 0 Å². The highest BCUT2D eigenvalue weighted by molar-refractivity contribution is 7.89. The van der Waals surface area contributed by atoms with E-state index < -0.39 is 16.1 Å². The van der Waals surface area contributed by atoms with E-state index in [0.717, 1.165) is 0 Å². The highest BCUT2D eigenvalue weighted by Crippen LogP contribution is 2.17. The molecule has 0 saturated carbocycles. The summed E-state index contributed by atoms with van der Waals surface area (Å²) in [5.41, 5.74) is 1.05. The van der Waals surface area contributed by atoms with Crippen molar-refractivity contribution in [1.29, 1.82) is 0 Å². The fourth-order valence-corrected chi connectivity index (χ4v) is 3.77. The average Bonchev–Trinajstić information content (AvgIpc) is 2.67. The minimum Gasteiger partial charge on any atom is -0.481 e. The zero-order valence-electron chi connectivity index (χ0n) is 16.9. The molecule has 2 N–H and O–H groups in total. The van der Waals surface area contributed by atoms with Gasteiger partial charge in [-0.25, -0.2) is 13.1 Å². The molecule has 0 aliphatic heterocycles. The van der Waals surface area contributed by atoms with Gasteiger partial charge in [0.15, 0.2) is 11.9 Å². The lowest BCUT2D eigenvalue weighted by atomic mass is 10.1. The number of ether oxygens (including phenoxy) is 1. The van der Waals surface area contributed by atoms with E-state index in [-0.39, 0.29) is 22.6 Å². The van der Waals surface area contributed by atoms with Gasteiger partial charge >= 0.3 is 0 Å². The molecule has 0 aliphatic carbocycles.